The minimum atomic E-state index is -0.653. The van der Waals surface area contributed by atoms with Crippen LogP contribution in [0.5, 0.6) is 0 Å². The number of aliphatic hydroxyl groups excluding tert-OH is 1. The summed E-state index contributed by atoms with van der Waals surface area (Å²) < 4.78 is 7.12. The fourth-order valence-electron chi connectivity index (χ4n) is 6.59. The number of nitrogens with zero attached hydrogens (tertiary/aromatic N) is 6. The Hall–Kier alpha value is -3.24. The van der Waals surface area contributed by atoms with Crippen LogP contribution in [0.15, 0.2) is 33.8 Å². The molecule has 10 nitrogen and oxygen atoms in total. The summed E-state index contributed by atoms with van der Waals surface area (Å²) in [4.78, 5) is 31.2. The molecule has 6 rings (SSSR count). The zero-order valence-electron chi connectivity index (χ0n) is 23.3. The van der Waals surface area contributed by atoms with Gasteiger partial charge < -0.3 is 14.6 Å². The first-order valence-corrected chi connectivity index (χ1v) is 14.6. The Morgan fingerprint density at radius 3 is 2.58 bits per heavy atom. The van der Waals surface area contributed by atoms with Gasteiger partial charge in [0.1, 0.15) is 5.69 Å². The van der Waals surface area contributed by atoms with Gasteiger partial charge in [-0.1, -0.05) is 50.4 Å². The molecule has 1 aliphatic carbocycles. The predicted molar refractivity (Wildman–Crippen MR) is 154 cm³/mol. The van der Waals surface area contributed by atoms with Crippen LogP contribution in [0.3, 0.4) is 0 Å². The zero-order valence-corrected chi connectivity index (χ0v) is 24.1. The number of β-amino-alcohol motifs (C(OH)–C–C–N with tert-alkyl or cyclic N) is 1. The van der Waals surface area contributed by atoms with E-state index in [-0.39, 0.29) is 17.9 Å². The van der Waals surface area contributed by atoms with Gasteiger partial charge in [0.25, 0.3) is 0 Å². The Kier molecular flexibility index (Phi) is 7.16. The van der Waals surface area contributed by atoms with Crippen LogP contribution in [-0.4, -0.2) is 53.5 Å². The number of H-pyrrole nitrogens is 1. The lowest BCUT2D eigenvalue weighted by Gasteiger charge is -2.35. The molecule has 2 N–H and O–H groups in total. The smallest absolute Gasteiger partial charge is 0.391 e. The van der Waals surface area contributed by atoms with Crippen molar-refractivity contribution in [2.45, 2.75) is 78.0 Å². The number of hydrogen-bond donors (Lipinski definition) is 2. The zero-order chi connectivity index (χ0) is 28.1. The number of pyridine rings is 2. The maximum absolute atomic E-state index is 11.8. The maximum Gasteiger partial charge on any atom is 0.439 e. The summed E-state index contributed by atoms with van der Waals surface area (Å²) in [5.74, 6) is 1.96. The highest BCUT2D eigenvalue weighted by molar-refractivity contribution is 6.30. The minimum Gasteiger partial charge on any atom is -0.391 e. The molecule has 1 saturated heterocycles. The second kappa shape index (κ2) is 10.6. The fourth-order valence-corrected chi connectivity index (χ4v) is 6.76. The van der Waals surface area contributed by atoms with Gasteiger partial charge in [0.15, 0.2) is 0 Å². The van der Waals surface area contributed by atoms with Gasteiger partial charge in [0.05, 0.1) is 27.9 Å². The Balaban J connectivity index is 1.62. The van der Waals surface area contributed by atoms with Gasteiger partial charge in [0, 0.05) is 36.6 Å². The van der Waals surface area contributed by atoms with Crippen molar-refractivity contribution in [3.63, 3.8) is 0 Å². The molecule has 2 aliphatic rings. The van der Waals surface area contributed by atoms with Crippen molar-refractivity contribution in [3.05, 3.63) is 40.1 Å². The molecule has 4 aromatic rings. The Bertz CT molecular complexity index is 1570. The average molecular weight is 566 g/mol. The van der Waals surface area contributed by atoms with Crippen molar-refractivity contribution < 1.29 is 9.63 Å². The summed E-state index contributed by atoms with van der Waals surface area (Å²) in [6, 6.07) is 3.98. The number of aromatic nitrogens is 6. The number of halogens is 1. The van der Waals surface area contributed by atoms with Gasteiger partial charge in [-0.3, -0.25) is 14.5 Å². The Labute approximate surface area is 237 Å². The Morgan fingerprint density at radius 2 is 1.90 bits per heavy atom. The third-order valence-electron chi connectivity index (χ3n) is 8.81. The lowest BCUT2D eigenvalue weighted by atomic mass is 9.79. The second-order valence-electron chi connectivity index (χ2n) is 12.0. The first kappa shape index (κ1) is 27.0. The van der Waals surface area contributed by atoms with E-state index < -0.39 is 11.9 Å². The van der Waals surface area contributed by atoms with Crippen molar-refractivity contribution in [1.29, 1.82) is 0 Å². The first-order valence-electron chi connectivity index (χ1n) is 14.2. The molecule has 212 valence electrons. The molecule has 1 unspecified atom stereocenters. The maximum atomic E-state index is 11.8. The van der Waals surface area contributed by atoms with Crippen molar-refractivity contribution in [2.24, 2.45) is 17.8 Å². The van der Waals surface area contributed by atoms with E-state index in [0.717, 1.165) is 41.3 Å². The van der Waals surface area contributed by atoms with Crippen LogP contribution in [0.2, 0.25) is 5.02 Å². The Morgan fingerprint density at radius 1 is 1.12 bits per heavy atom. The molecule has 0 spiro atoms. The topological polar surface area (TPSA) is 126 Å². The van der Waals surface area contributed by atoms with Crippen LogP contribution >= 0.6 is 11.6 Å². The van der Waals surface area contributed by atoms with E-state index in [4.69, 9.17) is 26.1 Å². The molecule has 0 radical (unpaired) electrons. The van der Waals surface area contributed by atoms with Gasteiger partial charge >= 0.3 is 5.76 Å². The van der Waals surface area contributed by atoms with E-state index in [1.165, 1.54) is 12.8 Å². The third-order valence-corrected chi connectivity index (χ3v) is 9.02. The lowest BCUT2D eigenvalue weighted by molar-refractivity contribution is 0.191. The summed E-state index contributed by atoms with van der Waals surface area (Å²) in [6.07, 6.45) is 8.33. The van der Waals surface area contributed by atoms with Gasteiger partial charge in [-0.15, -0.1) is 0 Å². The molecular weight excluding hydrogens is 530 g/mol. The summed E-state index contributed by atoms with van der Waals surface area (Å²) in [7, 11) is 0. The summed E-state index contributed by atoms with van der Waals surface area (Å²) in [6.45, 7) is 9.52. The summed E-state index contributed by atoms with van der Waals surface area (Å²) in [5, 5.41) is 15.1. The van der Waals surface area contributed by atoms with Gasteiger partial charge in [-0.05, 0) is 56.1 Å². The van der Waals surface area contributed by atoms with Crippen molar-refractivity contribution in [2.75, 3.05) is 11.4 Å². The van der Waals surface area contributed by atoms with Crippen molar-refractivity contribution in [1.82, 2.24) is 29.7 Å². The summed E-state index contributed by atoms with van der Waals surface area (Å²) in [5.41, 5.74) is 3.43. The monoisotopic (exact) mass is 565 g/mol. The van der Waals surface area contributed by atoms with Crippen LogP contribution in [0.4, 0.5) is 5.95 Å². The highest BCUT2D eigenvalue weighted by Crippen LogP contribution is 2.43. The molecule has 1 aliphatic heterocycles. The largest absolute Gasteiger partial charge is 0.439 e. The molecule has 5 heterocycles. The van der Waals surface area contributed by atoms with Crippen LogP contribution in [0.25, 0.3) is 33.8 Å². The van der Waals surface area contributed by atoms with E-state index in [9.17, 15) is 9.90 Å². The van der Waals surface area contributed by atoms with Crippen LogP contribution in [0.1, 0.15) is 65.8 Å². The molecule has 40 heavy (non-hydrogen) atoms. The average Bonchev–Trinajstić information content (AvgIpc) is 3.64. The van der Waals surface area contributed by atoms with Gasteiger partial charge in [0.2, 0.25) is 11.8 Å². The molecule has 4 aromatic heterocycles. The minimum absolute atomic E-state index is 0.142. The molecule has 0 aromatic carbocycles. The number of hydrogen-bond acceptors (Lipinski definition) is 8. The van der Waals surface area contributed by atoms with E-state index in [1.54, 1.807) is 12.4 Å². The van der Waals surface area contributed by atoms with E-state index in [2.05, 4.69) is 52.3 Å². The van der Waals surface area contributed by atoms with Crippen LogP contribution in [-0.2, 0) is 0 Å². The van der Waals surface area contributed by atoms with Gasteiger partial charge in [-0.2, -0.15) is 0 Å². The molecule has 2 fully saturated rings. The normalized spacial score (nSPS) is 24.3. The number of rotatable bonds is 6. The molecule has 11 heteroatoms. The molecule has 0 bridgehead atoms. The SMILES string of the molecule is CC(C)[C@@H]1C[C@@H](O)CN1c1nc2cc(-c3noc(=O)[nH]3)nc(-c3cncc(Cl)c3)c2n1C(C)[C@H]1CC[C@H](C)CC1. The highest BCUT2D eigenvalue weighted by atomic mass is 35.5. The standard InChI is InChI=1S/C29H36ClN7O3/c1-15(2)24-10-21(38)14-36(24)28-33-22-11-23(27-34-29(39)40-35-27)32-25(19-9-20(30)13-31-12-19)26(22)37(28)17(4)18-7-5-16(3)6-8-18/h9,11-13,15-18,21,24,38H,5-8,10,14H2,1-4H3,(H,34,35,39)/t16-,17?,18-,21-,24+/m1/s1. The number of fused-ring (bicyclic) bond motifs is 1. The van der Waals surface area contributed by atoms with Crippen LogP contribution < -0.4 is 10.7 Å². The molecule has 3 atom stereocenters. The lowest BCUT2D eigenvalue weighted by Crippen LogP contribution is -2.36. The number of aromatic amines is 1. The molecular formula is C29H36ClN7O3. The third kappa shape index (κ3) is 4.92. The second-order valence-corrected chi connectivity index (χ2v) is 12.4. The number of imidazole rings is 1. The number of anilines is 1. The molecule has 0 amide bonds. The van der Waals surface area contributed by atoms with Crippen molar-refractivity contribution in [3.8, 4) is 22.8 Å². The van der Waals surface area contributed by atoms with E-state index in [1.807, 2.05) is 12.1 Å². The van der Waals surface area contributed by atoms with E-state index in [0.29, 0.717) is 41.2 Å². The van der Waals surface area contributed by atoms with Crippen molar-refractivity contribution >= 4 is 28.6 Å². The molecule has 1 saturated carbocycles. The first-order chi connectivity index (χ1) is 19.2. The number of aliphatic hydroxyl groups is 1. The highest BCUT2D eigenvalue weighted by Gasteiger charge is 2.38. The van der Waals surface area contributed by atoms with Crippen LogP contribution in [0, 0.1) is 17.8 Å². The fraction of sp³-hybridized carbons (Fsp3) is 0.552. The van der Waals surface area contributed by atoms with E-state index >= 15 is 0 Å². The summed E-state index contributed by atoms with van der Waals surface area (Å²) >= 11 is 6.40. The number of nitrogens with one attached hydrogen (secondary N) is 1. The van der Waals surface area contributed by atoms with Gasteiger partial charge in [-0.25, -0.2) is 14.8 Å². The quantitative estimate of drug-likeness (QED) is 0.315. The predicted octanol–water partition coefficient (Wildman–Crippen LogP) is 5.47.